The van der Waals surface area contributed by atoms with Gasteiger partial charge in [-0.25, -0.2) is 8.42 Å². The average Bonchev–Trinajstić information content (AvgIpc) is 2.57. The van der Waals surface area contributed by atoms with E-state index in [1.54, 1.807) is 0 Å². The fraction of sp³-hybridized carbons (Fsp3) is 0.381. The van der Waals surface area contributed by atoms with E-state index in [0.29, 0.717) is 17.8 Å². The Morgan fingerprint density at radius 3 is 2.11 bits per heavy atom. The lowest BCUT2D eigenvalue weighted by Gasteiger charge is -2.31. The van der Waals surface area contributed by atoms with Crippen LogP contribution >= 0.6 is 0 Å². The van der Waals surface area contributed by atoms with E-state index in [1.807, 2.05) is 71.0 Å². The molecule has 0 heterocycles. The molecule has 0 aliphatic rings. The molecule has 0 saturated heterocycles. The summed E-state index contributed by atoms with van der Waals surface area (Å²) in [5.74, 6) is -0.336. The maximum Gasteiger partial charge on any atom is 0.248 e. The molecular weight excluding hydrogens is 360 g/mol. The Kier molecular flexibility index (Phi) is 6.31. The molecule has 0 aliphatic carbocycles. The first-order valence-electron chi connectivity index (χ1n) is 8.99. The predicted molar refractivity (Wildman–Crippen MR) is 112 cm³/mol. The van der Waals surface area contributed by atoms with Crippen molar-refractivity contribution in [3.63, 3.8) is 0 Å². The van der Waals surface area contributed by atoms with Crippen LogP contribution in [-0.2, 0) is 14.8 Å². The Labute approximate surface area is 162 Å². The number of hydrogen-bond donors (Lipinski definition) is 1. The highest BCUT2D eigenvalue weighted by atomic mass is 32.2. The summed E-state index contributed by atoms with van der Waals surface area (Å²) in [6, 6.07) is 10.6. The lowest BCUT2D eigenvalue weighted by Crippen LogP contribution is -2.47. The number of aryl methyl sites for hydroxylation is 4. The Balaban J connectivity index is 2.48. The van der Waals surface area contributed by atoms with E-state index >= 15 is 0 Å². The standard InChI is InChI=1S/C21H28N2O3S/c1-7-19(21(24)22-18-12-14(2)8-10-16(18)4)23(27(6,25)26)20-13-15(3)9-11-17(20)5/h8-13,19H,7H2,1-6H3,(H,22,24)/t19-/m1/s1. The van der Waals surface area contributed by atoms with Crippen LogP contribution in [0, 0.1) is 27.7 Å². The molecule has 0 aromatic heterocycles. The Bertz CT molecular complexity index is 952. The van der Waals surface area contributed by atoms with E-state index in [-0.39, 0.29) is 5.91 Å². The second-order valence-corrected chi connectivity index (χ2v) is 8.94. The largest absolute Gasteiger partial charge is 0.324 e. The molecule has 1 N–H and O–H groups in total. The first-order valence-corrected chi connectivity index (χ1v) is 10.8. The molecule has 0 saturated carbocycles. The fourth-order valence-electron chi connectivity index (χ4n) is 3.08. The molecular formula is C21H28N2O3S. The normalized spacial score (nSPS) is 12.5. The van der Waals surface area contributed by atoms with Gasteiger partial charge in [0.15, 0.2) is 0 Å². The van der Waals surface area contributed by atoms with Crippen LogP contribution in [0.3, 0.4) is 0 Å². The van der Waals surface area contributed by atoms with Crippen molar-refractivity contribution in [2.75, 3.05) is 15.9 Å². The van der Waals surface area contributed by atoms with Crippen molar-refractivity contribution in [3.05, 3.63) is 58.7 Å². The molecule has 6 heteroatoms. The second-order valence-electron chi connectivity index (χ2n) is 7.08. The number of rotatable bonds is 6. The topological polar surface area (TPSA) is 66.5 Å². The lowest BCUT2D eigenvalue weighted by atomic mass is 10.1. The highest BCUT2D eigenvalue weighted by molar-refractivity contribution is 7.92. The van der Waals surface area contributed by atoms with Crippen molar-refractivity contribution in [1.82, 2.24) is 0 Å². The van der Waals surface area contributed by atoms with Gasteiger partial charge in [0.1, 0.15) is 6.04 Å². The third-order valence-corrected chi connectivity index (χ3v) is 5.75. The number of nitrogens with zero attached hydrogens (tertiary/aromatic N) is 1. The minimum atomic E-state index is -3.65. The Hall–Kier alpha value is -2.34. The average molecular weight is 389 g/mol. The molecule has 5 nitrogen and oxygen atoms in total. The summed E-state index contributed by atoms with van der Waals surface area (Å²) < 4.78 is 26.5. The summed E-state index contributed by atoms with van der Waals surface area (Å²) in [5, 5.41) is 2.91. The smallest absolute Gasteiger partial charge is 0.248 e. The van der Waals surface area contributed by atoms with Gasteiger partial charge in [0.25, 0.3) is 0 Å². The lowest BCUT2D eigenvalue weighted by molar-refractivity contribution is -0.117. The predicted octanol–water partition coefficient (Wildman–Crippen LogP) is 4.10. The molecule has 1 amide bonds. The molecule has 0 bridgehead atoms. The number of benzene rings is 2. The molecule has 0 radical (unpaired) electrons. The molecule has 2 rings (SSSR count). The van der Waals surface area contributed by atoms with Crippen molar-refractivity contribution < 1.29 is 13.2 Å². The van der Waals surface area contributed by atoms with Gasteiger partial charge in [-0.1, -0.05) is 31.2 Å². The van der Waals surface area contributed by atoms with E-state index in [0.717, 1.165) is 28.5 Å². The molecule has 0 aliphatic heterocycles. The zero-order valence-corrected chi connectivity index (χ0v) is 17.6. The number of nitrogens with one attached hydrogen (secondary N) is 1. The molecule has 0 fully saturated rings. The zero-order valence-electron chi connectivity index (χ0n) is 16.8. The van der Waals surface area contributed by atoms with Crippen molar-refractivity contribution >= 4 is 27.3 Å². The van der Waals surface area contributed by atoms with Gasteiger partial charge in [-0.2, -0.15) is 0 Å². The third kappa shape index (κ3) is 4.89. The number of carbonyl (C=O) groups is 1. The molecule has 0 spiro atoms. The maximum absolute atomic E-state index is 13.0. The number of carbonyl (C=O) groups excluding carboxylic acids is 1. The van der Waals surface area contributed by atoms with E-state index in [2.05, 4.69) is 5.32 Å². The SMILES string of the molecule is CC[C@H](C(=O)Nc1cc(C)ccc1C)N(c1cc(C)ccc1C)S(C)(=O)=O. The summed E-state index contributed by atoms with van der Waals surface area (Å²) in [4.78, 5) is 13.0. The van der Waals surface area contributed by atoms with Gasteiger partial charge in [-0.15, -0.1) is 0 Å². The van der Waals surface area contributed by atoms with Crippen molar-refractivity contribution in [2.24, 2.45) is 0 Å². The highest BCUT2D eigenvalue weighted by Crippen LogP contribution is 2.28. The summed E-state index contributed by atoms with van der Waals surface area (Å²) in [5.41, 5.74) is 4.95. The first kappa shape index (κ1) is 21.0. The summed E-state index contributed by atoms with van der Waals surface area (Å²) in [6.45, 7) is 9.43. The summed E-state index contributed by atoms with van der Waals surface area (Å²) in [6.07, 6.45) is 1.50. The molecule has 146 valence electrons. The summed E-state index contributed by atoms with van der Waals surface area (Å²) >= 11 is 0. The molecule has 27 heavy (non-hydrogen) atoms. The van der Waals surface area contributed by atoms with E-state index in [1.165, 1.54) is 4.31 Å². The maximum atomic E-state index is 13.0. The molecule has 2 aromatic rings. The van der Waals surface area contributed by atoms with Gasteiger partial charge in [0, 0.05) is 5.69 Å². The van der Waals surface area contributed by atoms with Gasteiger partial charge in [-0.05, 0) is 68.5 Å². The summed E-state index contributed by atoms with van der Waals surface area (Å²) in [7, 11) is -3.65. The van der Waals surface area contributed by atoms with Crippen LogP contribution in [0.1, 0.15) is 35.6 Å². The number of amides is 1. The third-order valence-electron chi connectivity index (χ3n) is 4.58. The first-order chi connectivity index (χ1) is 12.5. The van der Waals surface area contributed by atoms with Crippen LogP contribution in [0.5, 0.6) is 0 Å². The van der Waals surface area contributed by atoms with Crippen LogP contribution < -0.4 is 9.62 Å². The minimum absolute atomic E-state index is 0.336. The van der Waals surface area contributed by atoms with Gasteiger partial charge >= 0.3 is 0 Å². The van der Waals surface area contributed by atoms with Crippen LogP contribution in [-0.4, -0.2) is 26.6 Å². The van der Waals surface area contributed by atoms with Crippen LogP contribution in [0.4, 0.5) is 11.4 Å². The highest BCUT2D eigenvalue weighted by Gasteiger charge is 2.32. The fourth-order valence-corrected chi connectivity index (χ4v) is 4.34. The Morgan fingerprint density at radius 1 is 1.00 bits per heavy atom. The van der Waals surface area contributed by atoms with Crippen molar-refractivity contribution in [3.8, 4) is 0 Å². The quantitative estimate of drug-likeness (QED) is 0.810. The van der Waals surface area contributed by atoms with Gasteiger partial charge < -0.3 is 5.32 Å². The second kappa shape index (κ2) is 8.13. The molecule has 2 aromatic carbocycles. The molecule has 0 unspecified atom stereocenters. The zero-order chi connectivity index (χ0) is 20.4. The van der Waals surface area contributed by atoms with Gasteiger partial charge in [0.05, 0.1) is 11.9 Å². The number of anilines is 2. The van der Waals surface area contributed by atoms with Crippen LogP contribution in [0.25, 0.3) is 0 Å². The van der Waals surface area contributed by atoms with E-state index < -0.39 is 16.1 Å². The van der Waals surface area contributed by atoms with E-state index in [9.17, 15) is 13.2 Å². The Morgan fingerprint density at radius 2 is 1.56 bits per heavy atom. The molecule has 1 atom stereocenters. The van der Waals surface area contributed by atoms with Crippen LogP contribution in [0.2, 0.25) is 0 Å². The van der Waals surface area contributed by atoms with E-state index in [4.69, 9.17) is 0 Å². The minimum Gasteiger partial charge on any atom is -0.324 e. The number of hydrogen-bond acceptors (Lipinski definition) is 3. The van der Waals surface area contributed by atoms with Crippen molar-refractivity contribution in [1.29, 1.82) is 0 Å². The van der Waals surface area contributed by atoms with Crippen LogP contribution in [0.15, 0.2) is 36.4 Å². The van der Waals surface area contributed by atoms with Gasteiger partial charge in [0.2, 0.25) is 15.9 Å². The van der Waals surface area contributed by atoms with Gasteiger partial charge in [-0.3, -0.25) is 9.10 Å². The number of sulfonamides is 1. The van der Waals surface area contributed by atoms with Crippen molar-refractivity contribution in [2.45, 2.75) is 47.1 Å². The monoisotopic (exact) mass is 388 g/mol.